The first-order valence-electron chi connectivity index (χ1n) is 1.37. The normalized spacial score (nSPS) is 18.9. The molecule has 0 spiro atoms. The van der Waals surface area contributed by atoms with E-state index in [1.54, 1.807) is 22.9 Å². The molecular formula is H5IN4O2. The summed E-state index contributed by atoms with van der Waals surface area (Å²) in [6, 6.07) is 0. The third-order valence-corrected chi connectivity index (χ3v) is 0.848. The van der Waals surface area contributed by atoms with Crippen LogP contribution in [0.4, 0.5) is 0 Å². The summed E-state index contributed by atoms with van der Waals surface area (Å²) in [5.41, 5.74) is 0. The molecule has 6 nitrogen and oxygen atoms in total. The van der Waals surface area contributed by atoms with E-state index in [1.165, 1.54) is 0 Å². The van der Waals surface area contributed by atoms with E-state index >= 15 is 0 Å². The predicted octanol–water partition coefficient (Wildman–Crippen LogP) is -2.62. The minimum absolute atomic E-state index is 0.499. The van der Waals surface area contributed by atoms with Crippen LogP contribution in [0.1, 0.15) is 0 Å². The van der Waals surface area contributed by atoms with Crippen LogP contribution in [0.25, 0.3) is 5.84 Å². The van der Waals surface area contributed by atoms with Gasteiger partial charge >= 0.3 is 0 Å². The molecule has 44 valence electrons. The molecule has 0 saturated heterocycles. The first-order valence-corrected chi connectivity index (χ1v) is 2.45. The van der Waals surface area contributed by atoms with Crippen LogP contribution in [0.5, 0.6) is 0 Å². The lowest BCUT2D eigenvalue weighted by Crippen LogP contribution is -3.56. The molecule has 2 atom stereocenters. The van der Waals surface area contributed by atoms with Gasteiger partial charge in [0.2, 0.25) is 0 Å². The first-order chi connectivity index (χ1) is 3.18. The Bertz CT molecular complexity index is 47.0. The Morgan fingerprint density at radius 2 is 2.29 bits per heavy atom. The van der Waals surface area contributed by atoms with E-state index < -0.39 is 10.6 Å². The lowest BCUT2D eigenvalue weighted by molar-refractivity contribution is -1.55. The first kappa shape index (κ1) is 7.49. The number of rotatable bonds is 2. The molecule has 0 heterocycles. The molecule has 0 saturated carbocycles. The Balaban J connectivity index is 3.14. The molecule has 0 bridgehead atoms. The zero-order valence-corrected chi connectivity index (χ0v) is 5.39. The molecule has 0 aliphatic heterocycles. The van der Waals surface area contributed by atoms with Gasteiger partial charge in [-0.15, -0.1) is 5.23 Å². The molecule has 0 aromatic rings. The number of quaternary nitrogens is 2. The minimum atomic E-state index is -1.24. The van der Waals surface area contributed by atoms with Gasteiger partial charge in [0, 0.05) is 0 Å². The van der Waals surface area contributed by atoms with Gasteiger partial charge in [0.15, 0.2) is 0 Å². The molecule has 0 aliphatic carbocycles. The van der Waals surface area contributed by atoms with Crippen LogP contribution in [-0.4, -0.2) is 5.21 Å². The highest BCUT2D eigenvalue weighted by atomic mass is 127. The van der Waals surface area contributed by atoms with Crippen molar-refractivity contribution in [2.75, 3.05) is 0 Å². The van der Waals surface area contributed by atoms with Gasteiger partial charge in [-0.05, 0) is 0 Å². The molecule has 0 aliphatic rings. The van der Waals surface area contributed by atoms with E-state index in [0.29, 0.717) is 0 Å². The van der Waals surface area contributed by atoms with Gasteiger partial charge in [-0.2, -0.15) is 5.21 Å². The third kappa shape index (κ3) is 3.11. The zero-order chi connectivity index (χ0) is 5.86. The Kier molecular flexibility index (Phi) is 3.73. The van der Waals surface area contributed by atoms with Crippen molar-refractivity contribution in [3.8, 4) is 0 Å². The van der Waals surface area contributed by atoms with E-state index in [0.717, 1.165) is 0 Å². The van der Waals surface area contributed by atoms with Gasteiger partial charge in [-0.25, -0.2) is 0 Å². The van der Waals surface area contributed by atoms with Crippen LogP contribution < -0.4 is 14.2 Å². The monoisotopic (exact) mass is 220 g/mol. The fourth-order valence-corrected chi connectivity index (χ4v) is 0.271. The van der Waals surface area contributed by atoms with E-state index in [4.69, 9.17) is 11.0 Å². The van der Waals surface area contributed by atoms with Crippen molar-refractivity contribution in [2.45, 2.75) is 0 Å². The number of hydrogen-bond donors (Lipinski definition) is 4. The fraction of sp³-hybridized carbons (Fsp3) is 0. The van der Waals surface area contributed by atoms with Gasteiger partial charge in [0.05, 0.1) is 22.9 Å². The maximum atomic E-state index is 9.64. The smallest absolute Gasteiger partial charge is 0.0843 e. The van der Waals surface area contributed by atoms with E-state index in [2.05, 4.69) is 3.64 Å². The lowest BCUT2D eigenvalue weighted by atomic mass is 12.2. The maximum absolute atomic E-state index is 9.64. The van der Waals surface area contributed by atoms with Gasteiger partial charge in [0.1, 0.15) is 0 Å². The molecule has 0 aromatic carbocycles. The van der Waals surface area contributed by atoms with Crippen molar-refractivity contribution in [2.24, 2.45) is 0 Å². The van der Waals surface area contributed by atoms with Crippen LogP contribution >= 0.6 is 22.9 Å². The van der Waals surface area contributed by atoms with Crippen molar-refractivity contribution in [3.63, 3.8) is 0 Å². The van der Waals surface area contributed by atoms with Crippen LogP contribution in [0.3, 0.4) is 0 Å². The quantitative estimate of drug-likeness (QED) is 0.233. The Morgan fingerprint density at radius 1 is 1.86 bits per heavy atom. The van der Waals surface area contributed by atoms with Gasteiger partial charge in [0.25, 0.3) is 0 Å². The third-order valence-electron chi connectivity index (χ3n) is 0.308. The van der Waals surface area contributed by atoms with Gasteiger partial charge in [-0.1, -0.05) is 8.97 Å². The van der Waals surface area contributed by atoms with E-state index in [-0.39, 0.29) is 0 Å². The van der Waals surface area contributed by atoms with Crippen molar-refractivity contribution < 1.29 is 15.8 Å². The van der Waals surface area contributed by atoms with Crippen molar-refractivity contribution in [1.29, 1.82) is 0 Å². The molecule has 7 heteroatoms. The summed E-state index contributed by atoms with van der Waals surface area (Å²) in [5, 5.41) is 15.8. The lowest BCUT2D eigenvalue weighted by Gasteiger charge is -2.21. The minimum Gasteiger partial charge on any atom is -0.549 e. The molecule has 5 N–H and O–H groups in total. The average molecular weight is 220 g/mol. The Labute approximate surface area is 53.8 Å². The van der Waals surface area contributed by atoms with Crippen molar-refractivity contribution in [1.82, 2.24) is 3.64 Å². The van der Waals surface area contributed by atoms with Crippen LogP contribution in [0.15, 0.2) is 0 Å². The number of hydrogen-bond acceptors (Lipinski definition) is 3. The van der Waals surface area contributed by atoms with Crippen molar-refractivity contribution >= 4 is 22.9 Å². The topological polar surface area (TPSA) is 88.0 Å². The summed E-state index contributed by atoms with van der Waals surface area (Å²) in [6.45, 7) is 0. The second-order valence-electron chi connectivity index (χ2n) is 0.775. The average Bonchev–Trinajstić information content (AvgIpc) is 1.65. The second-order valence-corrected chi connectivity index (χ2v) is 1.31. The molecule has 7 heavy (non-hydrogen) atoms. The van der Waals surface area contributed by atoms with E-state index in [9.17, 15) is 5.21 Å². The van der Waals surface area contributed by atoms with Crippen LogP contribution in [0, 0.1) is 5.21 Å². The summed E-state index contributed by atoms with van der Waals surface area (Å²) in [7, 11) is 0. The molecule has 0 rings (SSSR count). The summed E-state index contributed by atoms with van der Waals surface area (Å²) in [5.74, 6) is 6.47. The summed E-state index contributed by atoms with van der Waals surface area (Å²) in [6.07, 6.45) is 0. The van der Waals surface area contributed by atoms with Gasteiger partial charge < -0.3 is 11.0 Å². The Hall–Kier alpha value is 0.490. The summed E-state index contributed by atoms with van der Waals surface area (Å²) < 4.78 is 2.12. The molecular weight excluding hydrogens is 215 g/mol. The molecule has 2 unspecified atom stereocenters. The molecule has 0 amide bonds. The molecule has 0 aromatic heterocycles. The Morgan fingerprint density at radius 3 is 2.29 bits per heavy atom. The molecule has 0 radical (unpaired) electrons. The number of nitrogens with one attached hydrogen (secondary N) is 4. The largest absolute Gasteiger partial charge is 0.549 e. The zero-order valence-electron chi connectivity index (χ0n) is 3.23. The van der Waals surface area contributed by atoms with Crippen molar-refractivity contribution in [3.05, 3.63) is 11.0 Å². The second kappa shape index (κ2) is 3.49. The van der Waals surface area contributed by atoms with E-state index in [1.807, 2.05) is 0 Å². The SMILES string of the molecule is [NH-][NH+](NI)[NH+]([O-])O. The fourth-order valence-electron chi connectivity index (χ4n) is 0.0404. The maximum Gasteiger partial charge on any atom is 0.0843 e. The highest BCUT2D eigenvalue weighted by molar-refractivity contribution is 14.1. The standard InChI is InChI=1S/H5IN4O2/c1-3-4(2)5(6)7/h2-6H. The van der Waals surface area contributed by atoms with Gasteiger partial charge in [-0.3, -0.25) is 0 Å². The molecule has 0 fully saturated rings. The van der Waals surface area contributed by atoms with Crippen LogP contribution in [-0.2, 0) is 0 Å². The summed E-state index contributed by atoms with van der Waals surface area (Å²) >= 11 is 1.57. The summed E-state index contributed by atoms with van der Waals surface area (Å²) in [4.78, 5) is 0. The highest BCUT2D eigenvalue weighted by Crippen LogP contribution is 1.47. The van der Waals surface area contributed by atoms with Crippen LogP contribution in [0.2, 0.25) is 0 Å². The predicted molar refractivity (Wildman–Crippen MR) is 28.6 cm³/mol. The highest BCUT2D eigenvalue weighted by Gasteiger charge is 1.91. The number of halogens is 1.